The standard InChI is InChI=1S/C17H22N2O6/c1-3-18-15(21)9-19(4-2)16(22)11-25-17(23)12-24-14-8-6-5-7-13(14)10-20/h5-8,10H,3-4,9,11-12H2,1-2H3,(H,18,21). The third-order valence-electron chi connectivity index (χ3n) is 3.19. The second kappa shape index (κ2) is 10.8. The van der Waals surface area contributed by atoms with E-state index in [1.165, 1.54) is 4.90 Å². The SMILES string of the molecule is CCNC(=O)CN(CC)C(=O)COC(=O)COc1ccccc1C=O. The van der Waals surface area contributed by atoms with Gasteiger partial charge in [0.25, 0.3) is 5.91 Å². The van der Waals surface area contributed by atoms with Crippen LogP contribution in [0, 0.1) is 0 Å². The van der Waals surface area contributed by atoms with Gasteiger partial charge < -0.3 is 19.7 Å². The summed E-state index contributed by atoms with van der Waals surface area (Å²) in [6.07, 6.45) is 0.616. The van der Waals surface area contributed by atoms with Crippen LogP contribution in [-0.2, 0) is 19.1 Å². The molecular formula is C17H22N2O6. The summed E-state index contributed by atoms with van der Waals surface area (Å²) in [5.74, 6) is -1.25. The van der Waals surface area contributed by atoms with Crippen molar-refractivity contribution in [1.82, 2.24) is 10.2 Å². The van der Waals surface area contributed by atoms with E-state index in [9.17, 15) is 19.2 Å². The van der Waals surface area contributed by atoms with Crippen LogP contribution in [0.3, 0.4) is 0 Å². The van der Waals surface area contributed by atoms with E-state index in [0.29, 0.717) is 24.9 Å². The predicted molar refractivity (Wildman–Crippen MR) is 89.2 cm³/mol. The van der Waals surface area contributed by atoms with E-state index in [-0.39, 0.29) is 18.2 Å². The summed E-state index contributed by atoms with van der Waals surface area (Å²) in [4.78, 5) is 47.3. The topological polar surface area (TPSA) is 102 Å². The number of amides is 2. The van der Waals surface area contributed by atoms with Crippen LogP contribution in [0.2, 0.25) is 0 Å². The summed E-state index contributed by atoms with van der Waals surface area (Å²) in [7, 11) is 0. The van der Waals surface area contributed by atoms with Crippen molar-refractivity contribution < 1.29 is 28.7 Å². The van der Waals surface area contributed by atoms with Crippen LogP contribution in [0.4, 0.5) is 0 Å². The first kappa shape index (κ1) is 20.1. The van der Waals surface area contributed by atoms with Gasteiger partial charge in [0, 0.05) is 13.1 Å². The molecule has 1 rings (SSSR count). The highest BCUT2D eigenvalue weighted by molar-refractivity contribution is 5.86. The number of nitrogens with zero attached hydrogens (tertiary/aromatic N) is 1. The van der Waals surface area contributed by atoms with E-state index in [1.54, 1.807) is 38.1 Å². The zero-order valence-corrected chi connectivity index (χ0v) is 14.3. The average molecular weight is 350 g/mol. The molecule has 0 heterocycles. The summed E-state index contributed by atoms with van der Waals surface area (Å²) in [5.41, 5.74) is 0.311. The van der Waals surface area contributed by atoms with E-state index in [1.807, 2.05) is 0 Å². The lowest BCUT2D eigenvalue weighted by Gasteiger charge is -2.20. The number of nitrogens with one attached hydrogen (secondary N) is 1. The maximum absolute atomic E-state index is 12.0. The van der Waals surface area contributed by atoms with Gasteiger partial charge in [-0.05, 0) is 26.0 Å². The fourth-order valence-electron chi connectivity index (χ4n) is 1.92. The number of aldehydes is 1. The zero-order chi connectivity index (χ0) is 18.7. The molecule has 0 aliphatic carbocycles. The molecule has 8 nitrogen and oxygen atoms in total. The number of carbonyl (C=O) groups is 4. The Labute approximate surface area is 146 Å². The number of hydrogen-bond acceptors (Lipinski definition) is 6. The van der Waals surface area contributed by atoms with Gasteiger partial charge in [-0.1, -0.05) is 12.1 Å². The molecule has 1 aromatic rings. The fourth-order valence-corrected chi connectivity index (χ4v) is 1.92. The molecule has 0 atom stereocenters. The second-order valence-corrected chi connectivity index (χ2v) is 4.97. The van der Waals surface area contributed by atoms with Crippen LogP contribution < -0.4 is 10.1 Å². The van der Waals surface area contributed by atoms with E-state index in [0.717, 1.165) is 0 Å². The first-order chi connectivity index (χ1) is 12.0. The number of carbonyl (C=O) groups excluding carboxylic acids is 4. The molecule has 0 saturated carbocycles. The smallest absolute Gasteiger partial charge is 0.344 e. The van der Waals surface area contributed by atoms with Gasteiger partial charge in [0.2, 0.25) is 5.91 Å². The summed E-state index contributed by atoms with van der Waals surface area (Å²) in [6, 6.07) is 6.43. The highest BCUT2D eigenvalue weighted by atomic mass is 16.6. The first-order valence-electron chi connectivity index (χ1n) is 7.88. The second-order valence-electron chi connectivity index (χ2n) is 4.97. The highest BCUT2D eigenvalue weighted by Crippen LogP contribution is 2.15. The van der Waals surface area contributed by atoms with Crippen molar-refractivity contribution >= 4 is 24.1 Å². The molecule has 0 unspecified atom stereocenters. The van der Waals surface area contributed by atoms with Crippen LogP contribution in [0.5, 0.6) is 5.75 Å². The Morgan fingerprint density at radius 3 is 2.52 bits per heavy atom. The van der Waals surface area contributed by atoms with Crippen molar-refractivity contribution in [2.75, 3.05) is 32.8 Å². The Bertz CT molecular complexity index is 617. The molecule has 1 aromatic carbocycles. The normalized spacial score (nSPS) is 9.84. The molecule has 1 N–H and O–H groups in total. The van der Waals surface area contributed by atoms with E-state index in [4.69, 9.17) is 9.47 Å². The van der Waals surface area contributed by atoms with Crippen molar-refractivity contribution in [3.8, 4) is 5.75 Å². The lowest BCUT2D eigenvalue weighted by Crippen LogP contribution is -2.42. The van der Waals surface area contributed by atoms with Gasteiger partial charge in [0.1, 0.15) is 5.75 Å². The van der Waals surface area contributed by atoms with E-state index >= 15 is 0 Å². The molecule has 8 heteroatoms. The first-order valence-corrected chi connectivity index (χ1v) is 7.88. The van der Waals surface area contributed by atoms with Crippen LogP contribution in [-0.4, -0.2) is 61.8 Å². The van der Waals surface area contributed by atoms with Gasteiger partial charge in [0.05, 0.1) is 12.1 Å². The molecule has 0 aliphatic heterocycles. The van der Waals surface area contributed by atoms with Gasteiger partial charge in [-0.25, -0.2) is 4.79 Å². The minimum Gasteiger partial charge on any atom is -0.481 e. The molecule has 25 heavy (non-hydrogen) atoms. The molecular weight excluding hydrogens is 328 g/mol. The summed E-state index contributed by atoms with van der Waals surface area (Å²) >= 11 is 0. The molecule has 0 saturated heterocycles. The van der Waals surface area contributed by atoms with Crippen molar-refractivity contribution in [3.63, 3.8) is 0 Å². The Morgan fingerprint density at radius 1 is 1.16 bits per heavy atom. The number of ether oxygens (including phenoxy) is 2. The van der Waals surface area contributed by atoms with E-state index < -0.39 is 25.1 Å². The highest BCUT2D eigenvalue weighted by Gasteiger charge is 2.17. The number of likely N-dealkylation sites (N-methyl/N-ethyl adjacent to an activating group) is 2. The minimum atomic E-state index is -0.747. The lowest BCUT2D eigenvalue weighted by molar-refractivity contribution is -0.154. The third-order valence-corrected chi connectivity index (χ3v) is 3.19. The molecule has 2 amide bonds. The maximum Gasteiger partial charge on any atom is 0.344 e. The average Bonchev–Trinajstić information content (AvgIpc) is 2.62. The zero-order valence-electron chi connectivity index (χ0n) is 14.3. The molecule has 0 spiro atoms. The third kappa shape index (κ3) is 7.03. The lowest BCUT2D eigenvalue weighted by atomic mass is 10.2. The summed E-state index contributed by atoms with van der Waals surface area (Å²) in [6.45, 7) is 3.28. The van der Waals surface area contributed by atoms with Gasteiger partial charge in [-0.15, -0.1) is 0 Å². The van der Waals surface area contributed by atoms with Gasteiger partial charge in [-0.2, -0.15) is 0 Å². The summed E-state index contributed by atoms with van der Waals surface area (Å²) < 4.78 is 10.1. The van der Waals surface area contributed by atoms with Crippen LogP contribution >= 0.6 is 0 Å². The quantitative estimate of drug-likeness (QED) is 0.484. The van der Waals surface area contributed by atoms with Gasteiger partial charge in [0.15, 0.2) is 19.5 Å². The Hall–Kier alpha value is -2.90. The number of esters is 1. The van der Waals surface area contributed by atoms with Gasteiger partial charge >= 0.3 is 5.97 Å². The van der Waals surface area contributed by atoms with Gasteiger partial charge in [-0.3, -0.25) is 14.4 Å². The molecule has 0 radical (unpaired) electrons. The molecule has 136 valence electrons. The molecule has 0 bridgehead atoms. The number of rotatable bonds is 10. The van der Waals surface area contributed by atoms with Crippen LogP contribution in [0.1, 0.15) is 24.2 Å². The minimum absolute atomic E-state index is 0.0933. The molecule has 0 aromatic heterocycles. The number of hydrogen-bond donors (Lipinski definition) is 1. The Kier molecular flexibility index (Phi) is 8.70. The number of benzene rings is 1. The monoisotopic (exact) mass is 350 g/mol. The molecule has 0 aliphatic rings. The predicted octanol–water partition coefficient (Wildman–Crippen LogP) is 0.406. The van der Waals surface area contributed by atoms with Crippen LogP contribution in [0.15, 0.2) is 24.3 Å². The fraction of sp³-hybridized carbons (Fsp3) is 0.412. The van der Waals surface area contributed by atoms with Crippen molar-refractivity contribution in [2.45, 2.75) is 13.8 Å². The van der Waals surface area contributed by atoms with Crippen molar-refractivity contribution in [1.29, 1.82) is 0 Å². The Balaban J connectivity index is 2.42. The van der Waals surface area contributed by atoms with E-state index in [2.05, 4.69) is 5.32 Å². The molecule has 0 fully saturated rings. The summed E-state index contributed by atoms with van der Waals surface area (Å²) in [5, 5.41) is 2.59. The van der Waals surface area contributed by atoms with Crippen molar-refractivity contribution in [2.24, 2.45) is 0 Å². The number of para-hydroxylation sites is 1. The van der Waals surface area contributed by atoms with Crippen molar-refractivity contribution in [3.05, 3.63) is 29.8 Å². The Morgan fingerprint density at radius 2 is 1.88 bits per heavy atom. The largest absolute Gasteiger partial charge is 0.481 e. The van der Waals surface area contributed by atoms with Crippen LogP contribution in [0.25, 0.3) is 0 Å². The maximum atomic E-state index is 12.0.